The number of carboxylic acid groups (broad SMARTS) is 1. The molecule has 0 spiro atoms. The summed E-state index contributed by atoms with van der Waals surface area (Å²) in [5.74, 6) is 4.46. The van der Waals surface area contributed by atoms with Gasteiger partial charge in [0.2, 0.25) is 5.91 Å². The highest BCUT2D eigenvalue weighted by Gasteiger charge is 2.21. The number of ether oxygens (including phenoxy) is 2. The van der Waals surface area contributed by atoms with Crippen LogP contribution in [0.25, 0.3) is 0 Å². The number of nitrogens with zero attached hydrogens (tertiary/aromatic N) is 3. The molecule has 1 amide bonds. The van der Waals surface area contributed by atoms with E-state index in [9.17, 15) is 9.59 Å². The van der Waals surface area contributed by atoms with E-state index in [0.717, 1.165) is 31.2 Å². The molecule has 0 bridgehead atoms. The van der Waals surface area contributed by atoms with E-state index in [4.69, 9.17) is 20.4 Å². The third-order valence-corrected chi connectivity index (χ3v) is 3.81. The van der Waals surface area contributed by atoms with E-state index in [1.54, 1.807) is 14.0 Å². The molecule has 1 atom stereocenters. The summed E-state index contributed by atoms with van der Waals surface area (Å²) >= 11 is 0. The molecule has 2 aliphatic rings. The fourth-order valence-electron chi connectivity index (χ4n) is 2.18. The average molecular weight is 332 g/mol. The topological polar surface area (TPSA) is 109 Å². The highest BCUT2D eigenvalue weighted by molar-refractivity contribution is 5.77. The maximum atomic E-state index is 11.1. The van der Waals surface area contributed by atoms with Gasteiger partial charge in [0.15, 0.2) is 0 Å². The Bertz CT molecular complexity index is 368. The Hall–Kier alpha value is -1.26. The van der Waals surface area contributed by atoms with Crippen molar-refractivity contribution in [2.45, 2.75) is 13.0 Å². The standard InChI is InChI=1S/C7H15N3O2.C7H13NO3/c1-9(8)7(11)6-10-2-4-12-5-3-10;1-6(7(9)10)8-2-4-11-5-3-8/h2-6,8H2,1H3;6H,2-5H2,1H3,(H,9,10). The number of carboxylic acids is 1. The predicted molar refractivity (Wildman–Crippen MR) is 83.7 cm³/mol. The second-order valence-electron chi connectivity index (χ2n) is 5.56. The van der Waals surface area contributed by atoms with Crippen LogP contribution in [0.4, 0.5) is 0 Å². The Morgan fingerprint density at radius 1 is 1.13 bits per heavy atom. The summed E-state index contributed by atoms with van der Waals surface area (Å²) < 4.78 is 10.2. The zero-order valence-electron chi connectivity index (χ0n) is 13.9. The molecule has 2 aliphatic heterocycles. The molecule has 2 heterocycles. The van der Waals surface area contributed by atoms with E-state index in [1.165, 1.54) is 0 Å². The van der Waals surface area contributed by atoms with Crippen LogP contribution < -0.4 is 5.84 Å². The Morgan fingerprint density at radius 3 is 2.04 bits per heavy atom. The maximum Gasteiger partial charge on any atom is 0.320 e. The Kier molecular flexibility index (Phi) is 9.03. The number of likely N-dealkylation sites (N-methyl/N-ethyl adjacent to an activating group) is 1. The summed E-state index contributed by atoms with van der Waals surface area (Å²) in [6, 6.07) is -0.376. The van der Waals surface area contributed by atoms with Crippen LogP contribution in [0.2, 0.25) is 0 Å². The first-order valence-corrected chi connectivity index (χ1v) is 7.77. The lowest BCUT2D eigenvalue weighted by molar-refractivity contribution is -0.144. The van der Waals surface area contributed by atoms with Crippen LogP contribution in [-0.2, 0) is 19.1 Å². The van der Waals surface area contributed by atoms with Crippen LogP contribution >= 0.6 is 0 Å². The molecular weight excluding hydrogens is 304 g/mol. The molecule has 0 aromatic rings. The van der Waals surface area contributed by atoms with Gasteiger partial charge in [-0.3, -0.25) is 24.4 Å². The fraction of sp³-hybridized carbons (Fsp3) is 0.857. The molecule has 0 aromatic heterocycles. The summed E-state index contributed by atoms with van der Waals surface area (Å²) in [5, 5.41) is 9.77. The molecule has 134 valence electrons. The smallest absolute Gasteiger partial charge is 0.320 e. The second-order valence-corrected chi connectivity index (χ2v) is 5.56. The lowest BCUT2D eigenvalue weighted by Crippen LogP contribution is -2.45. The number of hydrogen-bond acceptors (Lipinski definition) is 7. The molecule has 2 fully saturated rings. The lowest BCUT2D eigenvalue weighted by Gasteiger charge is -2.29. The van der Waals surface area contributed by atoms with Crippen LogP contribution in [-0.4, -0.2) is 104 Å². The number of carbonyl (C=O) groups is 2. The van der Waals surface area contributed by atoms with Gasteiger partial charge in [-0.2, -0.15) is 0 Å². The van der Waals surface area contributed by atoms with Crippen molar-refractivity contribution in [2.75, 3.05) is 66.2 Å². The molecule has 0 aromatic carbocycles. The molecular formula is C14H28N4O5. The van der Waals surface area contributed by atoms with E-state index >= 15 is 0 Å². The number of carbonyl (C=O) groups excluding carboxylic acids is 1. The molecule has 0 aliphatic carbocycles. The number of amides is 1. The molecule has 9 nitrogen and oxygen atoms in total. The lowest BCUT2D eigenvalue weighted by atomic mass is 10.2. The van der Waals surface area contributed by atoms with Crippen molar-refractivity contribution >= 4 is 11.9 Å². The zero-order valence-corrected chi connectivity index (χ0v) is 13.9. The second kappa shape index (κ2) is 10.5. The molecule has 2 saturated heterocycles. The van der Waals surface area contributed by atoms with Gasteiger partial charge in [-0.25, -0.2) is 5.84 Å². The summed E-state index contributed by atoms with van der Waals surface area (Å²) in [5.41, 5.74) is 0. The summed E-state index contributed by atoms with van der Waals surface area (Å²) in [4.78, 5) is 25.6. The van der Waals surface area contributed by atoms with Crippen molar-refractivity contribution in [1.82, 2.24) is 14.8 Å². The monoisotopic (exact) mass is 332 g/mol. The van der Waals surface area contributed by atoms with Crippen molar-refractivity contribution in [3.8, 4) is 0 Å². The zero-order chi connectivity index (χ0) is 17.2. The van der Waals surface area contributed by atoms with E-state index in [0.29, 0.717) is 33.0 Å². The first kappa shape index (κ1) is 19.8. The molecule has 2 rings (SSSR count). The minimum Gasteiger partial charge on any atom is -0.480 e. The number of hydrogen-bond donors (Lipinski definition) is 2. The van der Waals surface area contributed by atoms with Gasteiger partial charge in [-0.05, 0) is 6.92 Å². The quantitative estimate of drug-likeness (QED) is 0.362. The Balaban J connectivity index is 0.000000231. The van der Waals surface area contributed by atoms with Gasteiger partial charge in [-0.1, -0.05) is 0 Å². The van der Waals surface area contributed by atoms with Crippen molar-refractivity contribution in [3.63, 3.8) is 0 Å². The van der Waals surface area contributed by atoms with E-state index in [-0.39, 0.29) is 11.9 Å². The van der Waals surface area contributed by atoms with Gasteiger partial charge < -0.3 is 14.6 Å². The van der Waals surface area contributed by atoms with Crippen molar-refractivity contribution in [3.05, 3.63) is 0 Å². The average Bonchev–Trinajstić information content (AvgIpc) is 2.56. The van der Waals surface area contributed by atoms with Crippen molar-refractivity contribution in [2.24, 2.45) is 5.84 Å². The van der Waals surface area contributed by atoms with E-state index < -0.39 is 5.97 Å². The highest BCUT2D eigenvalue weighted by atomic mass is 16.5. The summed E-state index contributed by atoms with van der Waals surface area (Å²) in [6.07, 6.45) is 0. The van der Waals surface area contributed by atoms with Gasteiger partial charge in [0.05, 0.1) is 33.0 Å². The Labute approximate surface area is 136 Å². The minimum absolute atomic E-state index is 0.0584. The number of rotatable bonds is 4. The van der Waals surface area contributed by atoms with Gasteiger partial charge in [0.25, 0.3) is 0 Å². The van der Waals surface area contributed by atoms with Crippen LogP contribution in [0, 0.1) is 0 Å². The summed E-state index contributed by atoms with van der Waals surface area (Å²) in [6.45, 7) is 7.92. The minimum atomic E-state index is -0.758. The van der Waals surface area contributed by atoms with Gasteiger partial charge in [0.1, 0.15) is 6.04 Å². The van der Waals surface area contributed by atoms with Gasteiger partial charge in [0, 0.05) is 33.2 Å². The number of aliphatic carboxylic acids is 1. The summed E-state index contributed by atoms with van der Waals surface area (Å²) in [7, 11) is 1.56. The highest BCUT2D eigenvalue weighted by Crippen LogP contribution is 2.02. The fourth-order valence-corrected chi connectivity index (χ4v) is 2.18. The predicted octanol–water partition coefficient (Wildman–Crippen LogP) is -1.56. The number of morpholine rings is 2. The molecule has 0 radical (unpaired) electrons. The third-order valence-electron chi connectivity index (χ3n) is 3.81. The van der Waals surface area contributed by atoms with Gasteiger partial charge >= 0.3 is 5.97 Å². The van der Waals surface area contributed by atoms with Gasteiger partial charge in [-0.15, -0.1) is 0 Å². The molecule has 23 heavy (non-hydrogen) atoms. The van der Waals surface area contributed by atoms with Crippen LogP contribution in [0.3, 0.4) is 0 Å². The Morgan fingerprint density at radius 2 is 1.61 bits per heavy atom. The SMILES string of the molecule is CC(C(=O)O)N1CCOCC1.CN(N)C(=O)CN1CCOCC1. The van der Waals surface area contributed by atoms with Crippen LogP contribution in [0.15, 0.2) is 0 Å². The van der Waals surface area contributed by atoms with Crippen LogP contribution in [0.1, 0.15) is 6.92 Å². The van der Waals surface area contributed by atoms with Crippen molar-refractivity contribution < 1.29 is 24.2 Å². The maximum absolute atomic E-state index is 11.1. The first-order chi connectivity index (χ1) is 10.9. The third kappa shape index (κ3) is 7.71. The molecule has 1 unspecified atom stereocenters. The molecule has 0 saturated carbocycles. The largest absolute Gasteiger partial charge is 0.480 e. The van der Waals surface area contributed by atoms with E-state index in [2.05, 4.69) is 0 Å². The van der Waals surface area contributed by atoms with Crippen molar-refractivity contribution in [1.29, 1.82) is 0 Å². The van der Waals surface area contributed by atoms with E-state index in [1.807, 2.05) is 9.80 Å². The number of nitrogens with two attached hydrogens (primary N) is 1. The first-order valence-electron chi connectivity index (χ1n) is 7.77. The molecule has 9 heteroatoms. The molecule has 3 N–H and O–H groups in total. The normalized spacial score (nSPS) is 21.0. The number of hydrazine groups is 1. The van der Waals surface area contributed by atoms with Crippen LogP contribution in [0.5, 0.6) is 0 Å².